The molecular formula is C77H46N2S. The van der Waals surface area contributed by atoms with Crippen molar-refractivity contribution < 1.29 is 0 Å². The summed E-state index contributed by atoms with van der Waals surface area (Å²) in [6.07, 6.45) is 2.09. The van der Waals surface area contributed by atoms with Gasteiger partial charge in [0.2, 0.25) is 0 Å². The molecule has 0 bridgehead atoms. The monoisotopic (exact) mass is 1030 g/mol. The molecule has 0 saturated carbocycles. The number of fused-ring (bicyclic) bond motifs is 18. The Morgan fingerprint density at radius 1 is 0.250 bits per heavy atom. The van der Waals surface area contributed by atoms with E-state index in [9.17, 15) is 0 Å². The molecule has 2 nitrogen and oxygen atoms in total. The molecule has 0 saturated heterocycles. The van der Waals surface area contributed by atoms with Gasteiger partial charge in [0.05, 0.1) is 16.7 Å². The number of nitrogens with zero attached hydrogens (tertiary/aromatic N) is 2. The molecule has 3 heteroatoms. The van der Waals surface area contributed by atoms with Crippen molar-refractivity contribution in [2.24, 2.45) is 0 Å². The van der Waals surface area contributed by atoms with Crippen molar-refractivity contribution in [2.75, 3.05) is 0 Å². The quantitative estimate of drug-likeness (QED) is 0.152. The zero-order valence-corrected chi connectivity index (χ0v) is 44.2. The van der Waals surface area contributed by atoms with Crippen molar-refractivity contribution in [1.82, 2.24) is 9.55 Å². The Morgan fingerprint density at radius 3 is 1.34 bits per heavy atom. The Balaban J connectivity index is 0.936. The van der Waals surface area contributed by atoms with Crippen LogP contribution in [0.25, 0.3) is 168 Å². The summed E-state index contributed by atoms with van der Waals surface area (Å²) in [5, 5.41) is 19.9. The van der Waals surface area contributed by atoms with Gasteiger partial charge in [-0.1, -0.05) is 218 Å². The highest BCUT2D eigenvalue weighted by atomic mass is 32.1. The summed E-state index contributed by atoms with van der Waals surface area (Å²) in [4.78, 5) is 5.32. The Morgan fingerprint density at radius 2 is 0.700 bits per heavy atom. The summed E-state index contributed by atoms with van der Waals surface area (Å²) < 4.78 is 5.05. The number of thiophene rings is 1. The summed E-state index contributed by atoms with van der Waals surface area (Å²) in [6, 6.07) is 101. The minimum Gasteiger partial charge on any atom is -0.309 e. The van der Waals surface area contributed by atoms with Gasteiger partial charge >= 0.3 is 0 Å². The van der Waals surface area contributed by atoms with Gasteiger partial charge in [0.15, 0.2) is 0 Å². The van der Waals surface area contributed by atoms with Crippen molar-refractivity contribution in [1.29, 1.82) is 0 Å². The largest absolute Gasteiger partial charge is 0.309 e. The number of benzene rings is 14. The van der Waals surface area contributed by atoms with E-state index in [1.54, 1.807) is 0 Å². The highest BCUT2D eigenvalue weighted by Crippen LogP contribution is 2.47. The smallest absolute Gasteiger partial charge is 0.0708 e. The number of hydrogen-bond acceptors (Lipinski definition) is 2. The van der Waals surface area contributed by atoms with E-state index in [1.807, 2.05) is 11.3 Å². The van der Waals surface area contributed by atoms with Crippen LogP contribution in [-0.4, -0.2) is 9.55 Å². The van der Waals surface area contributed by atoms with Gasteiger partial charge < -0.3 is 4.57 Å². The van der Waals surface area contributed by atoms with E-state index >= 15 is 0 Å². The predicted molar refractivity (Wildman–Crippen MR) is 344 cm³/mol. The summed E-state index contributed by atoms with van der Waals surface area (Å²) >= 11 is 1.88. The molecule has 0 spiro atoms. The molecule has 3 aromatic heterocycles. The van der Waals surface area contributed by atoms with Crippen LogP contribution in [0.4, 0.5) is 0 Å². The topological polar surface area (TPSA) is 17.8 Å². The van der Waals surface area contributed by atoms with Crippen molar-refractivity contribution in [3.63, 3.8) is 0 Å². The number of hydrogen-bond donors (Lipinski definition) is 0. The van der Waals surface area contributed by atoms with Crippen molar-refractivity contribution in [3.05, 3.63) is 279 Å². The number of aromatic nitrogens is 2. The third-order valence-corrected chi connectivity index (χ3v) is 18.2. The standard InChI is InChI=1S/C77H46N2S/c1-2-23-57-53(19-1)54-20-3-6-24-58(54)70-42-49(35-38-63(57)70)69-44-51(79-74-32-12-9-27-64(74)65-28-10-13-33-75(65)79)37-40-62(69)61-39-36-50(73-45-71-59-25-7-4-21-55(59)56-22-5-8-26-60(56)72(71)46-78-73)43-68(61)48-18-15-17-47(41-48)52-30-16-31-67-66-29-11-14-34-76(66)80-77(52)67/h1-46H. The average Bonchev–Trinajstić information content (AvgIpc) is 4.25. The fourth-order valence-electron chi connectivity index (χ4n) is 13.4. The Labute approximate surface area is 465 Å². The molecule has 0 N–H and O–H groups in total. The first kappa shape index (κ1) is 44.9. The van der Waals surface area contributed by atoms with Crippen molar-refractivity contribution >= 4 is 118 Å². The maximum absolute atomic E-state index is 5.32. The van der Waals surface area contributed by atoms with Gasteiger partial charge in [0, 0.05) is 53.8 Å². The summed E-state index contributed by atoms with van der Waals surface area (Å²) in [7, 11) is 0. The molecule has 0 amide bonds. The van der Waals surface area contributed by atoms with Crippen LogP contribution in [0.15, 0.2) is 279 Å². The lowest BCUT2D eigenvalue weighted by atomic mass is 9.85. The first-order chi connectivity index (χ1) is 39.7. The van der Waals surface area contributed by atoms with Crippen LogP contribution in [0.1, 0.15) is 0 Å². The minimum atomic E-state index is 0.938. The third-order valence-electron chi connectivity index (χ3n) is 17.0. The number of pyridine rings is 1. The second-order valence-corrected chi connectivity index (χ2v) is 22.3. The molecule has 17 aromatic rings. The lowest BCUT2D eigenvalue weighted by molar-refractivity contribution is 1.18. The van der Waals surface area contributed by atoms with Crippen LogP contribution in [-0.2, 0) is 0 Å². The lowest BCUT2D eigenvalue weighted by Crippen LogP contribution is -1.97. The molecule has 3 heterocycles. The molecule has 0 aliphatic rings. The second kappa shape index (κ2) is 17.7. The molecule has 0 aliphatic heterocycles. The third kappa shape index (κ3) is 6.81. The molecule has 0 fully saturated rings. The Kier molecular flexibility index (Phi) is 9.92. The van der Waals surface area contributed by atoms with Crippen LogP contribution in [0, 0.1) is 0 Å². The molecule has 14 aromatic carbocycles. The van der Waals surface area contributed by atoms with Gasteiger partial charge in [-0.05, 0) is 158 Å². The van der Waals surface area contributed by atoms with E-state index in [0.29, 0.717) is 0 Å². The molecule has 0 unspecified atom stereocenters. The van der Waals surface area contributed by atoms with Crippen LogP contribution in [0.2, 0.25) is 0 Å². The second-order valence-electron chi connectivity index (χ2n) is 21.3. The van der Waals surface area contributed by atoms with Crippen molar-refractivity contribution in [3.8, 4) is 61.5 Å². The molecule has 0 radical (unpaired) electrons. The van der Waals surface area contributed by atoms with E-state index in [-0.39, 0.29) is 0 Å². The predicted octanol–water partition coefficient (Wildman–Crippen LogP) is 21.8. The van der Waals surface area contributed by atoms with Crippen molar-refractivity contribution in [2.45, 2.75) is 0 Å². The highest BCUT2D eigenvalue weighted by Gasteiger charge is 2.21. The summed E-state index contributed by atoms with van der Waals surface area (Å²) in [5.41, 5.74) is 14.8. The summed E-state index contributed by atoms with van der Waals surface area (Å²) in [6.45, 7) is 0. The van der Waals surface area contributed by atoms with Gasteiger partial charge in [0.25, 0.3) is 0 Å². The van der Waals surface area contributed by atoms with Gasteiger partial charge in [0.1, 0.15) is 0 Å². The van der Waals surface area contributed by atoms with Gasteiger partial charge in [-0.2, -0.15) is 0 Å². The minimum absolute atomic E-state index is 0.938. The zero-order chi connectivity index (χ0) is 52.4. The number of rotatable bonds is 6. The van der Waals surface area contributed by atoms with E-state index < -0.39 is 0 Å². The maximum atomic E-state index is 5.32. The average molecular weight is 1030 g/mol. The molecular weight excluding hydrogens is 985 g/mol. The van der Waals surface area contributed by atoms with Gasteiger partial charge in [-0.15, -0.1) is 11.3 Å². The number of para-hydroxylation sites is 2. The Bertz CT molecular complexity index is 5320. The first-order valence-corrected chi connectivity index (χ1v) is 28.3. The zero-order valence-electron chi connectivity index (χ0n) is 43.4. The van der Waals surface area contributed by atoms with E-state index in [4.69, 9.17) is 4.98 Å². The van der Waals surface area contributed by atoms with E-state index in [2.05, 4.69) is 284 Å². The van der Waals surface area contributed by atoms with Crippen LogP contribution in [0.3, 0.4) is 0 Å². The van der Waals surface area contributed by atoms with Crippen LogP contribution in [0.5, 0.6) is 0 Å². The normalized spacial score (nSPS) is 12.0. The molecule has 80 heavy (non-hydrogen) atoms. The van der Waals surface area contributed by atoms with Crippen LogP contribution < -0.4 is 0 Å². The maximum Gasteiger partial charge on any atom is 0.0708 e. The van der Waals surface area contributed by atoms with E-state index in [1.165, 1.54) is 112 Å². The fraction of sp³-hybridized carbons (Fsp3) is 0. The molecule has 370 valence electrons. The Hall–Kier alpha value is -10.2. The van der Waals surface area contributed by atoms with Gasteiger partial charge in [-0.3, -0.25) is 4.98 Å². The molecule has 0 aliphatic carbocycles. The van der Waals surface area contributed by atoms with Gasteiger partial charge in [-0.25, -0.2) is 0 Å². The molecule has 0 atom stereocenters. The molecule has 17 rings (SSSR count). The first-order valence-electron chi connectivity index (χ1n) is 27.5. The highest BCUT2D eigenvalue weighted by molar-refractivity contribution is 7.26. The van der Waals surface area contributed by atoms with E-state index in [0.717, 1.165) is 55.7 Å². The van der Waals surface area contributed by atoms with Crippen LogP contribution >= 0.6 is 11.3 Å². The lowest BCUT2D eigenvalue weighted by Gasteiger charge is -2.20. The fourth-order valence-corrected chi connectivity index (χ4v) is 14.6. The SMILES string of the molecule is c1cc(-c2cc(-c3cc4c5ccccc5c5ccccc5c4cn3)ccc2-c2ccc(-n3c4ccccc4c4ccccc43)cc2-c2ccc3c4ccccc4c4ccccc4c3c2)cc(-c2cccc3c2sc2ccccc23)c1. The summed E-state index contributed by atoms with van der Waals surface area (Å²) in [5.74, 6) is 0.